The minimum Gasteiger partial charge on any atom is -0.326 e. The van der Waals surface area contributed by atoms with E-state index in [2.05, 4.69) is 73.8 Å². The molecule has 0 radical (unpaired) electrons. The van der Waals surface area contributed by atoms with Gasteiger partial charge in [-0.05, 0) is 37.9 Å². The van der Waals surface area contributed by atoms with Gasteiger partial charge in [0.15, 0.2) is 0 Å². The van der Waals surface area contributed by atoms with E-state index in [1.807, 2.05) is 6.07 Å². The Hall–Kier alpha value is -0.380. The van der Waals surface area contributed by atoms with Gasteiger partial charge in [-0.15, -0.1) is 0 Å². The molecule has 0 aliphatic carbocycles. The van der Waals surface area contributed by atoms with E-state index in [4.69, 9.17) is 5.73 Å². The van der Waals surface area contributed by atoms with Crippen molar-refractivity contribution in [1.29, 1.82) is 0 Å². The van der Waals surface area contributed by atoms with E-state index in [1.165, 1.54) is 5.56 Å². The Morgan fingerprint density at radius 1 is 1.21 bits per heavy atom. The summed E-state index contributed by atoms with van der Waals surface area (Å²) in [6.45, 7) is 8.95. The molecule has 0 fully saturated rings. The Morgan fingerprint density at radius 2 is 1.79 bits per heavy atom. The normalized spacial score (nSPS) is 16.7. The summed E-state index contributed by atoms with van der Waals surface area (Å²) < 4.78 is 1.15. The lowest BCUT2D eigenvalue weighted by molar-refractivity contribution is 0.127. The summed E-state index contributed by atoms with van der Waals surface area (Å²) in [4.78, 5) is 2.42. The predicted molar refractivity (Wildman–Crippen MR) is 87.2 cm³/mol. The molecule has 0 spiro atoms. The number of hydrogen-bond acceptors (Lipinski definition) is 2. The molecular weight excluding hydrogens is 300 g/mol. The van der Waals surface area contributed by atoms with Gasteiger partial charge in [-0.25, -0.2) is 0 Å². The number of hydrogen-bond donors (Lipinski definition) is 1. The number of nitrogens with zero attached hydrogens (tertiary/aromatic N) is 1. The molecule has 1 rings (SSSR count). The topological polar surface area (TPSA) is 29.3 Å². The van der Waals surface area contributed by atoms with Crippen LogP contribution in [0.3, 0.4) is 0 Å². The highest BCUT2D eigenvalue weighted by Crippen LogP contribution is 2.32. The highest BCUT2D eigenvalue weighted by atomic mass is 79.9. The Kier molecular flexibility index (Phi) is 6.51. The fourth-order valence-electron chi connectivity index (χ4n) is 2.41. The van der Waals surface area contributed by atoms with Gasteiger partial charge in [-0.1, -0.05) is 54.9 Å². The molecule has 108 valence electrons. The SMILES string of the molecule is CCC(N)C(c1ccccc1Br)N(C)C(C)C(C)C. The second-order valence-electron chi connectivity index (χ2n) is 5.69. The second-order valence-corrected chi connectivity index (χ2v) is 6.54. The average Bonchev–Trinajstić information content (AvgIpc) is 2.39. The Morgan fingerprint density at radius 3 is 2.26 bits per heavy atom. The molecular formula is C16H27BrN2. The van der Waals surface area contributed by atoms with Crippen molar-refractivity contribution in [1.82, 2.24) is 4.90 Å². The van der Waals surface area contributed by atoms with Crippen LogP contribution in [-0.2, 0) is 0 Å². The first kappa shape index (κ1) is 16.7. The van der Waals surface area contributed by atoms with E-state index >= 15 is 0 Å². The van der Waals surface area contributed by atoms with Gasteiger partial charge in [0, 0.05) is 16.6 Å². The lowest BCUT2D eigenvalue weighted by Gasteiger charge is -2.39. The van der Waals surface area contributed by atoms with Gasteiger partial charge in [0.1, 0.15) is 0 Å². The molecule has 0 aromatic heterocycles. The second kappa shape index (κ2) is 7.41. The molecule has 0 saturated carbocycles. The van der Waals surface area contributed by atoms with E-state index in [0.29, 0.717) is 12.0 Å². The molecule has 3 unspecified atom stereocenters. The summed E-state index contributed by atoms with van der Waals surface area (Å²) in [6.07, 6.45) is 0.973. The van der Waals surface area contributed by atoms with Crippen LogP contribution in [0.5, 0.6) is 0 Å². The number of halogens is 1. The monoisotopic (exact) mass is 326 g/mol. The van der Waals surface area contributed by atoms with Gasteiger partial charge in [-0.2, -0.15) is 0 Å². The fraction of sp³-hybridized carbons (Fsp3) is 0.625. The molecule has 0 heterocycles. The summed E-state index contributed by atoms with van der Waals surface area (Å²) in [5, 5.41) is 0. The maximum Gasteiger partial charge on any atom is 0.0510 e. The molecule has 2 nitrogen and oxygen atoms in total. The third kappa shape index (κ3) is 4.04. The molecule has 0 aliphatic rings. The van der Waals surface area contributed by atoms with Crippen LogP contribution in [0, 0.1) is 5.92 Å². The van der Waals surface area contributed by atoms with Crippen LogP contribution in [0.1, 0.15) is 45.7 Å². The van der Waals surface area contributed by atoms with Gasteiger partial charge < -0.3 is 5.73 Å². The smallest absolute Gasteiger partial charge is 0.0510 e. The number of benzene rings is 1. The summed E-state index contributed by atoms with van der Waals surface area (Å²) in [6, 6.07) is 9.29. The molecule has 1 aromatic carbocycles. The predicted octanol–water partition coefficient (Wildman–Crippen LogP) is 4.20. The lowest BCUT2D eigenvalue weighted by atomic mass is 9.93. The summed E-state index contributed by atoms with van der Waals surface area (Å²) >= 11 is 3.67. The van der Waals surface area contributed by atoms with E-state index in [9.17, 15) is 0 Å². The quantitative estimate of drug-likeness (QED) is 0.848. The molecule has 0 aliphatic heterocycles. The van der Waals surface area contributed by atoms with Crippen LogP contribution in [0.4, 0.5) is 0 Å². The van der Waals surface area contributed by atoms with Crippen LogP contribution in [0.25, 0.3) is 0 Å². The zero-order valence-electron chi connectivity index (χ0n) is 12.7. The third-order valence-electron chi connectivity index (χ3n) is 4.15. The van der Waals surface area contributed by atoms with Crippen LogP contribution < -0.4 is 5.73 Å². The first-order valence-corrected chi connectivity index (χ1v) is 7.91. The largest absolute Gasteiger partial charge is 0.326 e. The molecule has 1 aromatic rings. The van der Waals surface area contributed by atoms with Crippen molar-refractivity contribution in [2.24, 2.45) is 11.7 Å². The zero-order chi connectivity index (χ0) is 14.6. The van der Waals surface area contributed by atoms with Gasteiger partial charge in [0.05, 0.1) is 6.04 Å². The first-order valence-electron chi connectivity index (χ1n) is 7.12. The lowest BCUT2D eigenvalue weighted by Crippen LogP contribution is -2.44. The Balaban J connectivity index is 3.12. The maximum atomic E-state index is 6.39. The highest BCUT2D eigenvalue weighted by molar-refractivity contribution is 9.10. The van der Waals surface area contributed by atoms with E-state index in [-0.39, 0.29) is 12.1 Å². The van der Waals surface area contributed by atoms with Crippen LogP contribution in [0.2, 0.25) is 0 Å². The van der Waals surface area contributed by atoms with Gasteiger partial charge in [0.25, 0.3) is 0 Å². The number of rotatable bonds is 6. The van der Waals surface area contributed by atoms with Crippen molar-refractivity contribution in [3.05, 3.63) is 34.3 Å². The standard InChI is InChI=1S/C16H27BrN2/c1-6-15(18)16(19(5)12(4)11(2)3)13-9-7-8-10-14(13)17/h7-12,15-16H,6,18H2,1-5H3. The molecule has 3 heteroatoms. The van der Waals surface area contributed by atoms with Crippen molar-refractivity contribution in [3.8, 4) is 0 Å². The molecule has 0 saturated heterocycles. The van der Waals surface area contributed by atoms with Crippen LogP contribution in [0.15, 0.2) is 28.7 Å². The minimum atomic E-state index is 0.143. The molecule has 3 atom stereocenters. The van der Waals surface area contributed by atoms with Crippen molar-refractivity contribution >= 4 is 15.9 Å². The van der Waals surface area contributed by atoms with E-state index in [0.717, 1.165) is 10.9 Å². The molecule has 2 N–H and O–H groups in total. The molecule has 0 bridgehead atoms. The van der Waals surface area contributed by atoms with Crippen molar-refractivity contribution in [2.45, 2.75) is 52.2 Å². The summed E-state index contributed by atoms with van der Waals surface area (Å²) in [7, 11) is 2.18. The third-order valence-corrected chi connectivity index (χ3v) is 4.87. The number of nitrogens with two attached hydrogens (primary N) is 1. The zero-order valence-corrected chi connectivity index (χ0v) is 14.3. The molecule has 19 heavy (non-hydrogen) atoms. The Bertz CT molecular complexity index is 392. The van der Waals surface area contributed by atoms with Crippen molar-refractivity contribution in [3.63, 3.8) is 0 Å². The van der Waals surface area contributed by atoms with Gasteiger partial charge in [0.2, 0.25) is 0 Å². The van der Waals surface area contributed by atoms with E-state index < -0.39 is 0 Å². The average molecular weight is 327 g/mol. The van der Waals surface area contributed by atoms with E-state index in [1.54, 1.807) is 0 Å². The minimum absolute atomic E-state index is 0.143. The van der Waals surface area contributed by atoms with Gasteiger partial charge >= 0.3 is 0 Å². The summed E-state index contributed by atoms with van der Waals surface area (Å²) in [5.41, 5.74) is 7.68. The fourth-order valence-corrected chi connectivity index (χ4v) is 2.93. The highest BCUT2D eigenvalue weighted by Gasteiger charge is 2.28. The Labute approximate surface area is 126 Å². The van der Waals surface area contributed by atoms with Crippen LogP contribution in [-0.4, -0.2) is 24.0 Å². The summed E-state index contributed by atoms with van der Waals surface area (Å²) in [5.74, 6) is 0.610. The van der Waals surface area contributed by atoms with Crippen molar-refractivity contribution in [2.75, 3.05) is 7.05 Å². The van der Waals surface area contributed by atoms with Gasteiger partial charge in [-0.3, -0.25) is 4.90 Å². The molecule has 0 amide bonds. The first-order chi connectivity index (χ1) is 8.90. The van der Waals surface area contributed by atoms with Crippen LogP contribution >= 0.6 is 15.9 Å². The number of likely N-dealkylation sites (N-methyl/N-ethyl adjacent to an activating group) is 1. The maximum absolute atomic E-state index is 6.39. The van der Waals surface area contributed by atoms with Crippen molar-refractivity contribution < 1.29 is 0 Å².